The zero-order chi connectivity index (χ0) is 74.4. The number of ether oxygens (including phenoxy) is 2. The molecule has 0 fully saturated rings. The largest absolute Gasteiger partial charge is 1.00 e. The number of H-pyrrole nitrogens is 4. The number of carbonyl (C=O) groups is 1. The summed E-state index contributed by atoms with van der Waals surface area (Å²) >= 11 is 48.6. The Balaban J connectivity index is 0.000000562. The van der Waals surface area contributed by atoms with Gasteiger partial charge in [-0.1, -0.05) is 35.3 Å². The molecule has 0 aliphatic heterocycles. The summed E-state index contributed by atoms with van der Waals surface area (Å²) in [4.78, 5) is 78.4. The van der Waals surface area contributed by atoms with Crippen LogP contribution in [-0.4, -0.2) is 140 Å². The standard InChI is InChI=1S/C9H10BrN3O.C8H7BrClN3.C8H8BrN3O.C7H6BF3O3.C6H3BrClN3.C6H4BrN3O.C5H5Br2N3.CH2O2.CH4O.CH3O.Cl3OP.Na/c1-3-13-5-12-7-6(10)4-11-9(14-2)8(7)13;1-2-13-4-12-6-5(9)3-11-8(10)7(6)13;1-2-12-4-11-6-5(9)3-10-8(13)7(6)12;9-7(10,11)14-6-3-1-5(2-4-6)8(12)13;7-3-1-9-6(8)5-4(3)10-2-11-5;7-3-1-8-6(11)5-4(3)9-2-10-5;6-2-1-10-5(7)4(9)3(2)8;2-1-3;2*1-2;1-5(2,3)4;/h4-5H,3H2,1-2H3;3-4H,2H2,1H3;3-4H,2H2,1H3,(H,10,13);1-4,12-13H;1-2H,(H,10,11);1-2H,(H,8,11)(H,9,10);1H,9H2,(H2,8,10);1H,(H,2,3);2H,1H3;1H3;;/q;;;;;;;;;-1;;+1. The van der Waals surface area contributed by atoms with Gasteiger partial charge in [0.05, 0.1) is 77.0 Å². The van der Waals surface area contributed by atoms with Gasteiger partial charge in [-0.25, -0.2) is 44.9 Å². The summed E-state index contributed by atoms with van der Waals surface area (Å²) in [5, 5.41) is 37.1. The van der Waals surface area contributed by atoms with Crippen molar-refractivity contribution in [2.24, 2.45) is 0 Å². The van der Waals surface area contributed by atoms with Crippen LogP contribution in [-0.2, 0) is 29.0 Å². The maximum atomic E-state index is 11.7. The third-order valence-electron chi connectivity index (χ3n) is 11.2. The van der Waals surface area contributed by atoms with Crippen molar-refractivity contribution in [3.05, 3.63) is 156 Å². The van der Waals surface area contributed by atoms with E-state index in [4.69, 9.17) is 69.6 Å². The Morgan fingerprint density at radius 1 is 0.606 bits per heavy atom. The van der Waals surface area contributed by atoms with Crippen LogP contribution in [0.1, 0.15) is 20.8 Å². The Hall–Kier alpha value is -4.53. The SMILES string of the molecule is CCn1cnc2c(Br)c[nH]c(=O)c21.CCn1cnc2c(Br)cnc(Cl)c21.CCn1cnc2c(Br)cnc(OC)c21.CO.C[O-].Clc1ncc(Br)c2nc[nH]c12.Nc1c(Br)cnc(Br)c1N.O=CO.O=P(Cl)(Cl)Cl.O=c1[nH]cc(Br)c2nc[nH]c12.OB(O)c1ccc(OC(F)(F)F)cc1.[Na+]. The number of methoxy groups -OCH3 is 1. The minimum atomic E-state index is -4.74. The molecule has 0 atom stereocenters. The number of nitrogens with zero attached hydrogens (tertiary/aromatic N) is 12. The Kier molecular flexibility index (Phi) is 43.2. The minimum absolute atomic E-state index is 0. The van der Waals surface area contributed by atoms with Gasteiger partial charge in [0.2, 0.25) is 5.88 Å². The van der Waals surface area contributed by atoms with E-state index in [-0.39, 0.29) is 52.6 Å². The molecule has 0 saturated carbocycles. The summed E-state index contributed by atoms with van der Waals surface area (Å²) < 4.78 is 64.6. The molecule has 47 heteroatoms. The number of pyridine rings is 6. The number of aromatic nitrogens is 16. The third-order valence-corrected chi connectivity index (χ3v) is 16.0. The number of imidazole rings is 5. The monoisotopic (exact) mass is 1950 g/mol. The quantitative estimate of drug-likeness (QED) is 0.0320. The van der Waals surface area contributed by atoms with Crippen molar-refractivity contribution >= 4 is 259 Å². The normalized spacial score (nSPS) is 10.2. The molecule has 0 amide bonds. The van der Waals surface area contributed by atoms with Crippen molar-refractivity contribution in [2.75, 3.05) is 32.8 Å². The molecule has 11 aromatic heterocycles. The van der Waals surface area contributed by atoms with Gasteiger partial charge in [0.1, 0.15) is 65.5 Å². The summed E-state index contributed by atoms with van der Waals surface area (Å²) in [6, 6.07) is 4.27. The van der Waals surface area contributed by atoms with E-state index >= 15 is 0 Å². The number of nitrogens with two attached hydrogens (primary N) is 2. The number of carboxylic acid groups (broad SMARTS) is 1. The molecular weight excluding hydrogens is 1910 g/mol. The molecule has 11 heterocycles. The zero-order valence-electron chi connectivity index (χ0n) is 51.7. The first-order valence-electron chi connectivity index (χ1n) is 26.2. The predicted octanol–water partition coefficient (Wildman–Crippen LogP) is 10.1. The molecule has 0 spiro atoms. The number of aliphatic hydroxyl groups excluding tert-OH is 1. The Bertz CT molecular complexity index is 4590. The molecule has 99 heavy (non-hydrogen) atoms. The van der Waals surface area contributed by atoms with Crippen molar-refractivity contribution in [2.45, 2.75) is 46.8 Å². The minimum Gasteiger partial charge on any atom is -0.857 e. The van der Waals surface area contributed by atoms with Crippen LogP contribution in [0, 0.1) is 0 Å². The van der Waals surface area contributed by atoms with Crippen LogP contribution in [0.4, 0.5) is 24.5 Å². The Labute approximate surface area is 664 Å². The summed E-state index contributed by atoms with van der Waals surface area (Å²) in [6.07, 6.45) is 13.3. The first kappa shape index (κ1) is 92.5. The molecule has 530 valence electrons. The van der Waals surface area contributed by atoms with Crippen LogP contribution >= 0.6 is 174 Å². The Morgan fingerprint density at radius 2 is 1.00 bits per heavy atom. The van der Waals surface area contributed by atoms with Gasteiger partial charge in [-0.05, 0) is 184 Å². The second-order valence-corrected chi connectivity index (χ2v) is 30.2. The predicted molar refractivity (Wildman–Crippen MR) is 397 cm³/mol. The van der Waals surface area contributed by atoms with Crippen molar-refractivity contribution in [1.82, 2.24) is 78.5 Å². The molecule has 0 aliphatic rings. The van der Waals surface area contributed by atoms with E-state index in [1.165, 1.54) is 6.33 Å². The molecule has 0 radical (unpaired) electrons. The van der Waals surface area contributed by atoms with Gasteiger partial charge in [0.25, 0.3) is 17.6 Å². The number of fused-ring (bicyclic) bond motifs is 5. The molecule has 0 saturated heterocycles. The Morgan fingerprint density at radius 3 is 1.44 bits per heavy atom. The number of halogens is 15. The molecule has 0 unspecified atom stereocenters. The fraction of sp³-hybridized carbons (Fsp3) is 0.192. The van der Waals surface area contributed by atoms with Crippen molar-refractivity contribution < 1.29 is 86.9 Å². The van der Waals surface area contributed by atoms with Gasteiger partial charge in [0.15, 0.2) is 10.3 Å². The average Bonchev–Trinajstić information content (AvgIpc) is 1.70. The van der Waals surface area contributed by atoms with E-state index in [2.05, 4.69) is 222 Å². The number of aliphatic hydroxyl groups is 1. The van der Waals surface area contributed by atoms with Gasteiger partial charge in [0, 0.05) is 63.9 Å². The molecule has 12 rings (SSSR count). The number of nitrogens with one attached hydrogen (secondary N) is 4. The van der Waals surface area contributed by atoms with Crippen molar-refractivity contribution in [1.29, 1.82) is 0 Å². The first-order valence-corrected chi connectivity index (χ1v) is 36.9. The summed E-state index contributed by atoms with van der Waals surface area (Å²) in [5.74, 6) is 0.212. The van der Waals surface area contributed by atoms with Gasteiger partial charge in [-0.3, -0.25) is 18.9 Å². The number of rotatable bonds is 6. The molecule has 1 aromatic carbocycles. The zero-order valence-corrected chi connectivity index (χ0v) is 69.5. The van der Waals surface area contributed by atoms with Crippen LogP contribution in [0.3, 0.4) is 0 Å². The number of hydrogen-bond donors (Lipinski definition) is 10. The number of nitrogen functional groups attached to an aromatic ring is 2. The summed E-state index contributed by atoms with van der Waals surface area (Å²) in [6.45, 7) is 8.26. The molecule has 12 N–H and O–H groups in total. The molecule has 0 aliphatic carbocycles. The van der Waals surface area contributed by atoms with Crippen LogP contribution in [0.25, 0.3) is 55.2 Å². The third kappa shape index (κ3) is 29.3. The molecule has 12 aromatic rings. The maximum Gasteiger partial charge on any atom is 1.00 e. The fourth-order valence-electron chi connectivity index (χ4n) is 7.08. The number of aryl methyl sites for hydroxylation is 3. The first-order chi connectivity index (χ1) is 46.2. The smallest absolute Gasteiger partial charge is 0.857 e. The van der Waals surface area contributed by atoms with Crippen LogP contribution in [0.5, 0.6) is 11.6 Å². The topological polar surface area (TPSA) is 437 Å². The number of hydrogen-bond acceptors (Lipinski definition) is 21. The van der Waals surface area contributed by atoms with Crippen molar-refractivity contribution in [3.8, 4) is 11.6 Å². The summed E-state index contributed by atoms with van der Waals surface area (Å²) in [5.41, 5.74) is 19.5. The second kappa shape index (κ2) is 46.2. The van der Waals surface area contributed by atoms with Gasteiger partial charge < -0.3 is 79.9 Å². The molecule has 29 nitrogen and oxygen atoms in total. The van der Waals surface area contributed by atoms with E-state index < -0.39 is 24.4 Å². The maximum absolute atomic E-state index is 11.7. The van der Waals surface area contributed by atoms with Gasteiger partial charge in [-0.2, -0.15) is 7.11 Å². The van der Waals surface area contributed by atoms with E-state index in [1.807, 2.05) is 27.5 Å². The van der Waals surface area contributed by atoms with Crippen LogP contribution < -0.4 is 72.2 Å². The number of aromatic amines is 4. The van der Waals surface area contributed by atoms with Crippen molar-refractivity contribution in [3.63, 3.8) is 0 Å². The van der Waals surface area contributed by atoms with Gasteiger partial charge in [-0.15, -0.1) is 13.2 Å². The fourth-order valence-corrected chi connectivity index (χ4v) is 10.2. The van der Waals surface area contributed by atoms with Gasteiger partial charge >= 0.3 is 48.2 Å². The molecular formula is C52H52BBr7Cl5F3N18NaO11P. The van der Waals surface area contributed by atoms with E-state index in [0.717, 1.165) is 114 Å². The van der Waals surface area contributed by atoms with E-state index in [9.17, 15) is 27.3 Å². The summed E-state index contributed by atoms with van der Waals surface area (Å²) in [7, 11) is 1.66. The van der Waals surface area contributed by atoms with Crippen LogP contribution in [0.15, 0.2) is 134 Å². The number of benzene rings is 1. The number of anilines is 2. The number of alkyl halides is 3. The average molecular weight is 1960 g/mol. The molecule has 0 bridgehead atoms. The van der Waals surface area contributed by atoms with E-state index in [0.29, 0.717) is 58.7 Å². The second-order valence-electron chi connectivity index (χ2n) is 17.0. The van der Waals surface area contributed by atoms with E-state index in [1.54, 1.807) is 69.6 Å². The van der Waals surface area contributed by atoms with Crippen LogP contribution in [0.2, 0.25) is 10.3 Å².